The lowest BCUT2D eigenvalue weighted by atomic mass is 10.2. The molecule has 35 heavy (non-hydrogen) atoms. The number of carbonyl (C=O) groups is 2. The van der Waals surface area contributed by atoms with E-state index in [4.69, 9.17) is 21.1 Å². The molecule has 0 aliphatic carbocycles. The van der Waals surface area contributed by atoms with Gasteiger partial charge in [0.05, 0.1) is 17.3 Å². The van der Waals surface area contributed by atoms with E-state index >= 15 is 0 Å². The fourth-order valence-electron chi connectivity index (χ4n) is 3.04. The Bertz CT molecular complexity index is 1220. The Balaban J connectivity index is 1.60. The standard InChI is InChI=1S/C26H25BrClN3O4/c1-3-34-23-13-18(12-21(27)26(23)35-16-19-6-4-5-7-22(19)28)15-29-31-25(33)14-24(32)30-20-10-8-17(2)9-11-20/h4-13,15H,3,14,16H2,1-2H3,(H,30,32)(H,31,33). The number of hydrogen-bond acceptors (Lipinski definition) is 5. The van der Waals surface area contributed by atoms with Crippen LogP contribution in [0.5, 0.6) is 11.5 Å². The quantitative estimate of drug-likeness (QED) is 0.185. The van der Waals surface area contributed by atoms with Gasteiger partial charge in [-0.1, -0.05) is 47.5 Å². The van der Waals surface area contributed by atoms with Crippen LogP contribution in [0, 0.1) is 6.92 Å². The highest BCUT2D eigenvalue weighted by Gasteiger charge is 2.13. The van der Waals surface area contributed by atoms with E-state index in [-0.39, 0.29) is 13.0 Å². The van der Waals surface area contributed by atoms with Crippen molar-refractivity contribution in [2.75, 3.05) is 11.9 Å². The number of anilines is 1. The summed E-state index contributed by atoms with van der Waals surface area (Å²) in [5, 5.41) is 7.24. The van der Waals surface area contributed by atoms with Gasteiger partial charge in [-0.3, -0.25) is 9.59 Å². The summed E-state index contributed by atoms with van der Waals surface area (Å²) in [7, 11) is 0. The van der Waals surface area contributed by atoms with Crippen molar-refractivity contribution in [1.82, 2.24) is 5.43 Å². The predicted molar refractivity (Wildman–Crippen MR) is 141 cm³/mol. The molecule has 0 spiro atoms. The number of benzene rings is 3. The average molecular weight is 559 g/mol. The maximum absolute atomic E-state index is 12.1. The number of amides is 2. The summed E-state index contributed by atoms with van der Waals surface area (Å²) in [4.78, 5) is 24.1. The minimum atomic E-state index is -0.533. The first kappa shape index (κ1) is 26.2. The van der Waals surface area contributed by atoms with Gasteiger partial charge in [0.1, 0.15) is 13.0 Å². The second kappa shape index (κ2) is 12.9. The van der Waals surface area contributed by atoms with Crippen molar-refractivity contribution in [1.29, 1.82) is 0 Å². The van der Waals surface area contributed by atoms with E-state index < -0.39 is 11.8 Å². The number of nitrogens with one attached hydrogen (secondary N) is 2. The molecule has 7 nitrogen and oxygen atoms in total. The predicted octanol–water partition coefficient (Wildman–Crippen LogP) is 5.87. The smallest absolute Gasteiger partial charge is 0.249 e. The van der Waals surface area contributed by atoms with Crippen LogP contribution >= 0.6 is 27.5 Å². The van der Waals surface area contributed by atoms with Crippen LogP contribution in [-0.2, 0) is 16.2 Å². The van der Waals surface area contributed by atoms with E-state index in [0.29, 0.717) is 38.9 Å². The number of rotatable bonds is 10. The average Bonchev–Trinajstić information content (AvgIpc) is 2.81. The third-order valence-corrected chi connectivity index (χ3v) is 5.68. The third-order valence-electron chi connectivity index (χ3n) is 4.72. The topological polar surface area (TPSA) is 89.0 Å². The van der Waals surface area contributed by atoms with E-state index in [0.717, 1.165) is 11.1 Å². The Labute approximate surface area is 217 Å². The first-order valence-electron chi connectivity index (χ1n) is 10.9. The highest BCUT2D eigenvalue weighted by atomic mass is 79.9. The molecule has 0 aromatic heterocycles. The number of aryl methyl sites for hydroxylation is 1. The van der Waals surface area contributed by atoms with Gasteiger partial charge < -0.3 is 14.8 Å². The summed E-state index contributed by atoms with van der Waals surface area (Å²) in [6, 6.07) is 18.3. The van der Waals surface area contributed by atoms with Crippen molar-refractivity contribution in [2.24, 2.45) is 5.10 Å². The number of ether oxygens (including phenoxy) is 2. The second-order valence-electron chi connectivity index (χ2n) is 7.53. The van der Waals surface area contributed by atoms with Gasteiger partial charge in [-0.15, -0.1) is 0 Å². The molecule has 0 bridgehead atoms. The van der Waals surface area contributed by atoms with Crippen molar-refractivity contribution in [3.05, 3.63) is 86.8 Å². The summed E-state index contributed by atoms with van der Waals surface area (Å²) < 4.78 is 12.4. The van der Waals surface area contributed by atoms with E-state index in [1.54, 1.807) is 30.3 Å². The van der Waals surface area contributed by atoms with E-state index in [1.807, 2.05) is 44.2 Å². The maximum atomic E-state index is 12.1. The normalized spacial score (nSPS) is 10.7. The van der Waals surface area contributed by atoms with Gasteiger partial charge in [-0.05, 0) is 65.7 Å². The molecule has 0 aliphatic rings. The van der Waals surface area contributed by atoms with Crippen LogP contribution < -0.4 is 20.2 Å². The summed E-state index contributed by atoms with van der Waals surface area (Å²) in [6.45, 7) is 4.53. The molecule has 182 valence electrons. The fraction of sp³-hybridized carbons (Fsp3) is 0.192. The molecule has 0 radical (unpaired) electrons. The molecule has 0 saturated heterocycles. The number of hydrogen-bond donors (Lipinski definition) is 2. The Morgan fingerprint density at radius 2 is 1.80 bits per heavy atom. The van der Waals surface area contributed by atoms with Crippen LogP contribution in [0.25, 0.3) is 0 Å². The molecule has 0 aliphatic heterocycles. The monoisotopic (exact) mass is 557 g/mol. The summed E-state index contributed by atoms with van der Waals surface area (Å²) in [5.74, 6) is 0.0810. The lowest BCUT2D eigenvalue weighted by Gasteiger charge is -2.15. The highest BCUT2D eigenvalue weighted by Crippen LogP contribution is 2.37. The van der Waals surface area contributed by atoms with E-state index in [1.165, 1.54) is 6.21 Å². The summed E-state index contributed by atoms with van der Waals surface area (Å²) in [5.41, 5.74) is 5.58. The van der Waals surface area contributed by atoms with Crippen molar-refractivity contribution in [2.45, 2.75) is 26.9 Å². The number of hydrazone groups is 1. The van der Waals surface area contributed by atoms with Gasteiger partial charge in [0, 0.05) is 16.3 Å². The van der Waals surface area contributed by atoms with Crippen LogP contribution in [0.3, 0.4) is 0 Å². The van der Waals surface area contributed by atoms with Gasteiger partial charge in [0.2, 0.25) is 11.8 Å². The van der Waals surface area contributed by atoms with Gasteiger partial charge in [0.15, 0.2) is 11.5 Å². The molecule has 2 amide bonds. The molecule has 0 saturated carbocycles. The minimum absolute atomic E-state index is 0.270. The van der Waals surface area contributed by atoms with Crippen LogP contribution in [0.15, 0.2) is 70.2 Å². The summed E-state index contributed by atoms with van der Waals surface area (Å²) >= 11 is 9.73. The lowest BCUT2D eigenvalue weighted by Crippen LogP contribution is -2.24. The Morgan fingerprint density at radius 1 is 1.06 bits per heavy atom. The first-order chi connectivity index (χ1) is 16.9. The Hall–Kier alpha value is -3.36. The summed E-state index contributed by atoms with van der Waals surface area (Å²) in [6.07, 6.45) is 1.11. The largest absolute Gasteiger partial charge is 0.490 e. The van der Waals surface area contributed by atoms with Crippen LogP contribution in [-0.4, -0.2) is 24.6 Å². The third kappa shape index (κ3) is 8.12. The van der Waals surface area contributed by atoms with Gasteiger partial charge in [-0.25, -0.2) is 5.43 Å². The lowest BCUT2D eigenvalue weighted by molar-refractivity contribution is -0.126. The van der Waals surface area contributed by atoms with Gasteiger partial charge in [-0.2, -0.15) is 5.10 Å². The molecule has 2 N–H and O–H groups in total. The Morgan fingerprint density at radius 3 is 2.51 bits per heavy atom. The van der Waals surface area contributed by atoms with Crippen molar-refractivity contribution in [3.63, 3.8) is 0 Å². The molecule has 0 atom stereocenters. The van der Waals surface area contributed by atoms with E-state index in [2.05, 4.69) is 31.8 Å². The molecule has 3 aromatic carbocycles. The number of nitrogens with zero attached hydrogens (tertiary/aromatic N) is 1. The van der Waals surface area contributed by atoms with Crippen molar-refractivity contribution < 1.29 is 19.1 Å². The molecule has 3 rings (SSSR count). The van der Waals surface area contributed by atoms with Crippen LogP contribution in [0.4, 0.5) is 5.69 Å². The Kier molecular flexibility index (Phi) is 9.69. The van der Waals surface area contributed by atoms with Crippen LogP contribution in [0.2, 0.25) is 5.02 Å². The molecule has 0 unspecified atom stereocenters. The zero-order valence-electron chi connectivity index (χ0n) is 19.3. The zero-order chi connectivity index (χ0) is 25.2. The molecular weight excluding hydrogens is 534 g/mol. The van der Waals surface area contributed by atoms with Crippen LogP contribution in [0.1, 0.15) is 30.0 Å². The van der Waals surface area contributed by atoms with E-state index in [9.17, 15) is 9.59 Å². The SMILES string of the molecule is CCOc1cc(C=NNC(=O)CC(=O)Nc2ccc(C)cc2)cc(Br)c1OCc1ccccc1Cl. The molecule has 9 heteroatoms. The zero-order valence-corrected chi connectivity index (χ0v) is 21.7. The fourth-order valence-corrected chi connectivity index (χ4v) is 3.80. The van der Waals surface area contributed by atoms with Crippen molar-refractivity contribution >= 4 is 51.2 Å². The maximum Gasteiger partial charge on any atom is 0.249 e. The molecular formula is C26H25BrClN3O4. The highest BCUT2D eigenvalue weighted by molar-refractivity contribution is 9.10. The molecule has 0 fully saturated rings. The minimum Gasteiger partial charge on any atom is -0.490 e. The first-order valence-corrected chi connectivity index (χ1v) is 12.0. The molecule has 0 heterocycles. The van der Waals surface area contributed by atoms with Gasteiger partial charge >= 0.3 is 0 Å². The van der Waals surface area contributed by atoms with Gasteiger partial charge in [0.25, 0.3) is 0 Å². The molecule has 3 aromatic rings. The second-order valence-corrected chi connectivity index (χ2v) is 8.79. The number of carbonyl (C=O) groups excluding carboxylic acids is 2. The van der Waals surface area contributed by atoms with Crippen molar-refractivity contribution in [3.8, 4) is 11.5 Å². The number of halogens is 2.